The molecule has 4 saturated carbocycles. The molecule has 2 saturated heterocycles. The van der Waals surface area contributed by atoms with Crippen LogP contribution in [0.5, 0.6) is 0 Å². The van der Waals surface area contributed by atoms with E-state index in [1.165, 1.54) is 87.2 Å². The average Bonchev–Trinajstić information content (AvgIpc) is 3.65. The Bertz CT molecular complexity index is 746. The minimum atomic E-state index is 0.226. The number of fused-ring (bicyclic) bond motifs is 4. The Balaban J connectivity index is 0.957. The van der Waals surface area contributed by atoms with Crippen molar-refractivity contribution >= 4 is 23.5 Å². The van der Waals surface area contributed by atoms with Gasteiger partial charge in [0.15, 0.2) is 0 Å². The summed E-state index contributed by atoms with van der Waals surface area (Å²) in [6, 6.07) is 0. The fraction of sp³-hybridized carbons (Fsp3) is 1.00. The summed E-state index contributed by atoms with van der Waals surface area (Å²) >= 11 is 4.55. The van der Waals surface area contributed by atoms with Gasteiger partial charge in [0.05, 0.1) is 23.4 Å². The van der Waals surface area contributed by atoms with Crippen LogP contribution in [0.2, 0.25) is 0 Å². The van der Waals surface area contributed by atoms with Crippen LogP contribution in [0.15, 0.2) is 0 Å². The molecule has 0 bridgehead atoms. The van der Waals surface area contributed by atoms with Gasteiger partial charge in [-0.05, 0) is 136 Å². The fourth-order valence-electron chi connectivity index (χ4n) is 9.63. The van der Waals surface area contributed by atoms with Gasteiger partial charge in [-0.3, -0.25) is 0 Å². The lowest BCUT2D eigenvalue weighted by atomic mass is 9.51. The standard InChI is InChI=1S/C32H54O2S2/c1-29(2)17-23-21(7-9-27-31(5,33-27)13-11-25(23)29)19-35-15-16-36-20-22-8-10-28-32(6,34-28)14-12-26-24(22)18-30(26,3)4/h21-28H,7-20H2,1-6H3/t21-,22-,23+,24+,25+,26+,27+,28+,31+,32+/m0/s1. The van der Waals surface area contributed by atoms with Crippen LogP contribution in [0, 0.1) is 46.3 Å². The molecule has 0 amide bonds. The monoisotopic (exact) mass is 534 g/mol. The van der Waals surface area contributed by atoms with E-state index >= 15 is 0 Å². The van der Waals surface area contributed by atoms with E-state index < -0.39 is 0 Å². The summed E-state index contributed by atoms with van der Waals surface area (Å²) in [5, 5.41) is 0. The zero-order valence-corrected chi connectivity index (χ0v) is 25.8. The molecule has 0 radical (unpaired) electrons. The number of hydrogen-bond donors (Lipinski definition) is 0. The second-order valence-corrected chi connectivity index (χ2v) is 18.0. The summed E-state index contributed by atoms with van der Waals surface area (Å²) in [5.41, 5.74) is 1.57. The molecule has 4 heteroatoms. The first-order valence-corrected chi connectivity index (χ1v) is 17.8. The Hall–Kier alpha value is 0.620. The van der Waals surface area contributed by atoms with Crippen molar-refractivity contribution in [2.45, 2.75) is 129 Å². The molecule has 6 fully saturated rings. The molecule has 6 rings (SSSR count). The third-order valence-electron chi connectivity index (χ3n) is 12.4. The molecule has 4 aliphatic carbocycles. The van der Waals surface area contributed by atoms with Crippen LogP contribution in [0.25, 0.3) is 0 Å². The van der Waals surface area contributed by atoms with Gasteiger partial charge in [0.2, 0.25) is 0 Å². The molecule has 10 atom stereocenters. The topological polar surface area (TPSA) is 25.1 Å². The maximum Gasteiger partial charge on any atom is 0.0920 e. The summed E-state index contributed by atoms with van der Waals surface area (Å²) in [6.45, 7) is 14.9. The second kappa shape index (κ2) is 9.62. The molecule has 0 spiro atoms. The molecule has 206 valence electrons. The highest BCUT2D eigenvalue weighted by molar-refractivity contribution is 8.02. The van der Waals surface area contributed by atoms with Crippen LogP contribution >= 0.6 is 23.5 Å². The van der Waals surface area contributed by atoms with Crippen molar-refractivity contribution < 1.29 is 9.47 Å². The lowest BCUT2D eigenvalue weighted by Crippen LogP contribution is -2.48. The molecule has 0 aromatic rings. The minimum Gasteiger partial charge on any atom is -0.366 e. The fourth-order valence-corrected chi connectivity index (χ4v) is 12.3. The molecule has 2 aliphatic heterocycles. The molecule has 36 heavy (non-hydrogen) atoms. The van der Waals surface area contributed by atoms with Crippen LogP contribution in [0.1, 0.15) is 106 Å². The predicted octanol–water partition coefficient (Wildman–Crippen LogP) is 8.47. The van der Waals surface area contributed by atoms with Gasteiger partial charge in [0.1, 0.15) is 0 Å². The molecule has 2 heterocycles. The largest absolute Gasteiger partial charge is 0.366 e. The van der Waals surface area contributed by atoms with Gasteiger partial charge in [-0.15, -0.1) is 0 Å². The molecular formula is C32H54O2S2. The summed E-state index contributed by atoms with van der Waals surface area (Å²) in [4.78, 5) is 0. The molecule has 0 aromatic carbocycles. The van der Waals surface area contributed by atoms with E-state index in [0.29, 0.717) is 23.0 Å². The van der Waals surface area contributed by atoms with Crippen LogP contribution in [0.3, 0.4) is 0 Å². The Morgan fingerprint density at radius 3 is 1.39 bits per heavy atom. The van der Waals surface area contributed by atoms with E-state index in [1.807, 2.05) is 0 Å². The third kappa shape index (κ3) is 5.10. The molecule has 0 aromatic heterocycles. The van der Waals surface area contributed by atoms with Crippen LogP contribution in [-0.4, -0.2) is 46.4 Å². The second-order valence-electron chi connectivity index (χ2n) is 15.7. The van der Waals surface area contributed by atoms with Crippen LogP contribution in [0.4, 0.5) is 0 Å². The summed E-state index contributed by atoms with van der Waals surface area (Å²) in [5.74, 6) is 11.1. The van der Waals surface area contributed by atoms with Gasteiger partial charge in [-0.25, -0.2) is 0 Å². The van der Waals surface area contributed by atoms with Gasteiger partial charge in [0.25, 0.3) is 0 Å². The van der Waals surface area contributed by atoms with Crippen molar-refractivity contribution in [1.82, 2.24) is 0 Å². The third-order valence-corrected chi connectivity index (χ3v) is 15.0. The predicted molar refractivity (Wildman–Crippen MR) is 156 cm³/mol. The maximum absolute atomic E-state index is 6.18. The van der Waals surface area contributed by atoms with E-state index in [2.05, 4.69) is 65.1 Å². The van der Waals surface area contributed by atoms with E-state index in [0.717, 1.165) is 35.5 Å². The van der Waals surface area contributed by atoms with Crippen molar-refractivity contribution in [2.75, 3.05) is 23.0 Å². The van der Waals surface area contributed by atoms with Crippen LogP contribution < -0.4 is 0 Å². The highest BCUT2D eigenvalue weighted by atomic mass is 32.2. The minimum absolute atomic E-state index is 0.226. The molecule has 6 aliphatic rings. The van der Waals surface area contributed by atoms with Gasteiger partial charge < -0.3 is 9.47 Å². The van der Waals surface area contributed by atoms with Crippen molar-refractivity contribution in [3.8, 4) is 0 Å². The number of rotatable bonds is 7. The Morgan fingerprint density at radius 1 is 0.583 bits per heavy atom. The Labute approximate surface area is 230 Å². The summed E-state index contributed by atoms with van der Waals surface area (Å²) < 4.78 is 12.4. The van der Waals surface area contributed by atoms with Crippen molar-refractivity contribution in [2.24, 2.45) is 46.3 Å². The maximum atomic E-state index is 6.18. The SMILES string of the molecule is CC1(C)C[C@@H]2[C@H](CSCCSC[C@@H]3CC[C@H]4O[C@]4(C)CC[C@@H]4[C@@H]3CC4(C)C)CC[C@H]3O[C@]3(C)CC[C@H]21. The van der Waals surface area contributed by atoms with Gasteiger partial charge in [0, 0.05) is 11.5 Å². The highest BCUT2D eigenvalue weighted by Gasteiger charge is 2.58. The lowest BCUT2D eigenvalue weighted by Gasteiger charge is -2.55. The lowest BCUT2D eigenvalue weighted by molar-refractivity contribution is -0.0520. The number of thioether (sulfide) groups is 2. The smallest absolute Gasteiger partial charge is 0.0920 e. The first kappa shape index (κ1) is 26.8. The number of epoxide rings is 2. The highest BCUT2D eigenvalue weighted by Crippen LogP contribution is 2.61. The summed E-state index contributed by atoms with van der Waals surface area (Å²) in [6.07, 6.45) is 14.9. The molecule has 2 nitrogen and oxygen atoms in total. The van der Waals surface area contributed by atoms with Gasteiger partial charge >= 0.3 is 0 Å². The van der Waals surface area contributed by atoms with Crippen LogP contribution in [-0.2, 0) is 9.47 Å². The zero-order valence-electron chi connectivity index (χ0n) is 24.2. The van der Waals surface area contributed by atoms with E-state index in [-0.39, 0.29) is 11.2 Å². The van der Waals surface area contributed by atoms with E-state index in [1.54, 1.807) is 0 Å². The van der Waals surface area contributed by atoms with Crippen molar-refractivity contribution in [3.63, 3.8) is 0 Å². The normalized spacial score (nSPS) is 50.5. The quantitative estimate of drug-likeness (QED) is 0.241. The van der Waals surface area contributed by atoms with E-state index in [4.69, 9.17) is 9.47 Å². The number of ether oxygens (including phenoxy) is 2. The average molecular weight is 535 g/mol. The Morgan fingerprint density at radius 2 is 1.00 bits per heavy atom. The number of hydrogen-bond acceptors (Lipinski definition) is 4. The molecule has 0 N–H and O–H groups in total. The molecular weight excluding hydrogens is 480 g/mol. The first-order chi connectivity index (χ1) is 17.0. The van der Waals surface area contributed by atoms with E-state index in [9.17, 15) is 0 Å². The van der Waals surface area contributed by atoms with Crippen molar-refractivity contribution in [3.05, 3.63) is 0 Å². The summed E-state index contributed by atoms with van der Waals surface area (Å²) in [7, 11) is 0. The zero-order chi connectivity index (χ0) is 25.3. The first-order valence-electron chi connectivity index (χ1n) is 15.5. The van der Waals surface area contributed by atoms with Gasteiger partial charge in [-0.2, -0.15) is 23.5 Å². The Kier molecular flexibility index (Phi) is 7.17. The van der Waals surface area contributed by atoms with Gasteiger partial charge in [-0.1, -0.05) is 27.7 Å². The molecule has 0 unspecified atom stereocenters. The van der Waals surface area contributed by atoms with Crippen molar-refractivity contribution in [1.29, 1.82) is 0 Å².